The molecule has 1 fully saturated rings. The van der Waals surface area contributed by atoms with Crippen molar-refractivity contribution in [2.45, 2.75) is 33.2 Å². The minimum Gasteiger partial charge on any atom is -0.356 e. The molecule has 2 aromatic rings. The largest absolute Gasteiger partial charge is 0.356 e. The lowest BCUT2D eigenvalue weighted by Gasteiger charge is -2.36. The van der Waals surface area contributed by atoms with Gasteiger partial charge in [0.1, 0.15) is 0 Å². The van der Waals surface area contributed by atoms with Gasteiger partial charge in [0, 0.05) is 57.6 Å². The maximum absolute atomic E-state index is 4.73. The predicted molar refractivity (Wildman–Crippen MR) is 115 cm³/mol. The Balaban J connectivity index is 1.43. The van der Waals surface area contributed by atoms with Crippen LogP contribution in [0.15, 0.2) is 35.3 Å². The first-order valence-corrected chi connectivity index (χ1v) is 10.7. The van der Waals surface area contributed by atoms with Crippen LogP contribution in [0.5, 0.6) is 0 Å². The molecule has 1 aliphatic rings. The summed E-state index contributed by atoms with van der Waals surface area (Å²) in [4.78, 5) is 15.5. The number of nitrogens with zero attached hydrogens (tertiary/aromatic N) is 4. The van der Waals surface area contributed by atoms with Crippen molar-refractivity contribution >= 4 is 17.3 Å². The summed E-state index contributed by atoms with van der Waals surface area (Å²) in [6.45, 7) is 10.4. The Morgan fingerprint density at radius 1 is 1.19 bits per heavy atom. The van der Waals surface area contributed by atoms with Gasteiger partial charge in [-0.05, 0) is 18.9 Å². The lowest BCUT2D eigenvalue weighted by molar-refractivity contribution is 0.172. The molecule has 0 bridgehead atoms. The average Bonchev–Trinajstić information content (AvgIpc) is 3.06. The van der Waals surface area contributed by atoms with Crippen LogP contribution >= 0.6 is 11.3 Å². The van der Waals surface area contributed by atoms with Crippen LogP contribution in [0.3, 0.4) is 0 Å². The summed E-state index contributed by atoms with van der Waals surface area (Å²) in [6, 6.07) is 10.7. The molecular formula is C21H31N5S. The standard InChI is InChI=1S/C21H31N5S/c1-4-19-17(2)27-20(24-19)10-11-23-21(22-3)26-14-12-25(13-15-26)16-18-8-6-5-7-9-18/h5-9H,4,10-16H2,1-3H3,(H,22,23). The Bertz CT molecular complexity index is 732. The molecule has 0 unspecified atom stereocenters. The van der Waals surface area contributed by atoms with Crippen LogP contribution in [0.4, 0.5) is 0 Å². The highest BCUT2D eigenvalue weighted by molar-refractivity contribution is 7.11. The van der Waals surface area contributed by atoms with E-state index in [1.807, 2.05) is 18.4 Å². The van der Waals surface area contributed by atoms with Crippen molar-refractivity contribution in [2.75, 3.05) is 39.8 Å². The summed E-state index contributed by atoms with van der Waals surface area (Å²) >= 11 is 1.82. The normalized spacial score (nSPS) is 16.0. The van der Waals surface area contributed by atoms with Gasteiger partial charge in [0.05, 0.1) is 10.7 Å². The first kappa shape index (κ1) is 19.8. The van der Waals surface area contributed by atoms with Gasteiger partial charge < -0.3 is 10.2 Å². The molecule has 0 radical (unpaired) electrons. The van der Waals surface area contributed by atoms with Gasteiger partial charge in [0.2, 0.25) is 0 Å². The van der Waals surface area contributed by atoms with Gasteiger partial charge in [-0.25, -0.2) is 4.98 Å². The van der Waals surface area contributed by atoms with E-state index in [1.165, 1.54) is 21.1 Å². The van der Waals surface area contributed by atoms with E-state index in [-0.39, 0.29) is 0 Å². The fourth-order valence-electron chi connectivity index (χ4n) is 3.50. The molecule has 0 amide bonds. The molecule has 1 saturated heterocycles. The second kappa shape index (κ2) is 9.85. The number of piperazine rings is 1. The minimum atomic E-state index is 0.882. The second-order valence-electron chi connectivity index (χ2n) is 6.94. The third kappa shape index (κ3) is 5.53. The highest BCUT2D eigenvalue weighted by Gasteiger charge is 2.19. The van der Waals surface area contributed by atoms with Gasteiger partial charge in [0.25, 0.3) is 0 Å². The summed E-state index contributed by atoms with van der Waals surface area (Å²) in [7, 11) is 1.88. The van der Waals surface area contributed by atoms with E-state index in [0.29, 0.717) is 0 Å². The van der Waals surface area contributed by atoms with Crippen molar-refractivity contribution in [3.05, 3.63) is 51.5 Å². The van der Waals surface area contributed by atoms with E-state index >= 15 is 0 Å². The van der Waals surface area contributed by atoms with Crippen LogP contribution < -0.4 is 5.32 Å². The average molecular weight is 386 g/mol. The van der Waals surface area contributed by atoms with Crippen LogP contribution in [-0.2, 0) is 19.4 Å². The van der Waals surface area contributed by atoms with Gasteiger partial charge in [-0.15, -0.1) is 11.3 Å². The molecule has 6 heteroatoms. The van der Waals surface area contributed by atoms with Gasteiger partial charge in [0.15, 0.2) is 5.96 Å². The zero-order chi connectivity index (χ0) is 19.1. The SMILES string of the molecule is CCc1nc(CCNC(=NC)N2CCN(Cc3ccccc3)CC2)sc1C. The minimum absolute atomic E-state index is 0.882. The van der Waals surface area contributed by atoms with E-state index in [0.717, 1.165) is 58.1 Å². The van der Waals surface area contributed by atoms with Crippen LogP contribution in [-0.4, -0.2) is 60.5 Å². The molecule has 1 aromatic heterocycles. The van der Waals surface area contributed by atoms with Gasteiger partial charge in [-0.1, -0.05) is 37.3 Å². The maximum Gasteiger partial charge on any atom is 0.193 e. The van der Waals surface area contributed by atoms with Crippen molar-refractivity contribution in [3.63, 3.8) is 0 Å². The Labute approximate surface area is 167 Å². The quantitative estimate of drug-likeness (QED) is 0.613. The van der Waals surface area contributed by atoms with Crippen LogP contribution in [0.25, 0.3) is 0 Å². The Morgan fingerprint density at radius 2 is 1.93 bits per heavy atom. The zero-order valence-electron chi connectivity index (χ0n) is 16.7. The van der Waals surface area contributed by atoms with E-state index in [4.69, 9.17) is 4.98 Å². The number of aromatic nitrogens is 1. The Morgan fingerprint density at radius 3 is 2.56 bits per heavy atom. The van der Waals surface area contributed by atoms with Crippen molar-refractivity contribution in [3.8, 4) is 0 Å². The number of hydrogen-bond donors (Lipinski definition) is 1. The smallest absolute Gasteiger partial charge is 0.193 e. The van der Waals surface area contributed by atoms with Crippen molar-refractivity contribution in [2.24, 2.45) is 4.99 Å². The number of nitrogens with one attached hydrogen (secondary N) is 1. The molecular weight excluding hydrogens is 354 g/mol. The molecule has 0 atom stereocenters. The van der Waals surface area contributed by atoms with E-state index in [2.05, 4.69) is 64.3 Å². The van der Waals surface area contributed by atoms with Gasteiger partial charge in [-0.2, -0.15) is 0 Å². The third-order valence-electron chi connectivity index (χ3n) is 5.03. The maximum atomic E-state index is 4.73. The number of rotatable bonds is 6. The molecule has 1 aromatic carbocycles. The van der Waals surface area contributed by atoms with Crippen LogP contribution in [0.1, 0.15) is 28.1 Å². The van der Waals surface area contributed by atoms with Gasteiger partial charge in [-0.3, -0.25) is 9.89 Å². The molecule has 5 nitrogen and oxygen atoms in total. The fraction of sp³-hybridized carbons (Fsp3) is 0.524. The highest BCUT2D eigenvalue weighted by Crippen LogP contribution is 2.18. The number of thiazole rings is 1. The number of benzene rings is 1. The highest BCUT2D eigenvalue weighted by atomic mass is 32.1. The van der Waals surface area contributed by atoms with Crippen molar-refractivity contribution in [1.29, 1.82) is 0 Å². The lowest BCUT2D eigenvalue weighted by Crippen LogP contribution is -2.52. The Hall–Kier alpha value is -1.92. The summed E-state index contributed by atoms with van der Waals surface area (Å²) in [5.74, 6) is 1.01. The van der Waals surface area contributed by atoms with Crippen LogP contribution in [0.2, 0.25) is 0 Å². The first-order valence-electron chi connectivity index (χ1n) is 9.86. The first-order chi connectivity index (χ1) is 13.2. The molecule has 1 N–H and O–H groups in total. The van der Waals surface area contributed by atoms with Gasteiger partial charge >= 0.3 is 0 Å². The summed E-state index contributed by atoms with van der Waals surface area (Å²) in [5, 5.41) is 4.75. The van der Waals surface area contributed by atoms with Crippen molar-refractivity contribution < 1.29 is 0 Å². The predicted octanol–water partition coefficient (Wildman–Crippen LogP) is 2.95. The van der Waals surface area contributed by atoms with E-state index in [9.17, 15) is 0 Å². The second-order valence-corrected chi connectivity index (χ2v) is 8.22. The number of hydrogen-bond acceptors (Lipinski definition) is 4. The third-order valence-corrected chi connectivity index (χ3v) is 6.10. The molecule has 0 saturated carbocycles. The number of guanidine groups is 1. The summed E-state index contributed by atoms with van der Waals surface area (Å²) in [6.07, 6.45) is 1.98. The topological polar surface area (TPSA) is 43.8 Å². The monoisotopic (exact) mass is 385 g/mol. The molecule has 27 heavy (non-hydrogen) atoms. The number of aliphatic imine (C=N–C) groups is 1. The summed E-state index contributed by atoms with van der Waals surface area (Å²) in [5.41, 5.74) is 2.63. The molecule has 0 spiro atoms. The summed E-state index contributed by atoms with van der Waals surface area (Å²) < 4.78 is 0. The molecule has 2 heterocycles. The van der Waals surface area contributed by atoms with Crippen LogP contribution in [0, 0.1) is 6.92 Å². The molecule has 0 aliphatic carbocycles. The Kier molecular flexibility index (Phi) is 7.24. The molecule has 146 valence electrons. The van der Waals surface area contributed by atoms with Crippen molar-refractivity contribution in [1.82, 2.24) is 20.1 Å². The van der Waals surface area contributed by atoms with E-state index in [1.54, 1.807) is 0 Å². The lowest BCUT2D eigenvalue weighted by atomic mass is 10.2. The van der Waals surface area contributed by atoms with E-state index < -0.39 is 0 Å². The zero-order valence-corrected chi connectivity index (χ0v) is 17.6. The molecule has 1 aliphatic heterocycles. The number of aryl methyl sites for hydroxylation is 2. The fourth-order valence-corrected chi connectivity index (χ4v) is 4.52. The molecule has 3 rings (SSSR count).